The van der Waals surface area contributed by atoms with Gasteiger partial charge < -0.3 is 10.1 Å². The molecule has 0 aliphatic heterocycles. The number of aromatic nitrogens is 2. The maximum Gasteiger partial charge on any atom is 0.323 e. The van der Waals surface area contributed by atoms with Crippen LogP contribution in [0.3, 0.4) is 0 Å². The van der Waals surface area contributed by atoms with Crippen molar-refractivity contribution in [3.05, 3.63) is 43.9 Å². The van der Waals surface area contributed by atoms with Crippen molar-refractivity contribution >= 4 is 28.6 Å². The first-order valence-electron chi connectivity index (χ1n) is 4.63. The summed E-state index contributed by atoms with van der Waals surface area (Å²) in [5.41, 5.74) is -1.13. The molecular formula is C10H7ClN2O4. The van der Waals surface area contributed by atoms with Crippen molar-refractivity contribution in [1.29, 1.82) is 0 Å². The zero-order valence-corrected chi connectivity index (χ0v) is 9.19. The fraction of sp³-hybridized carbons (Fsp3) is 0.100. The number of nitrogens with one attached hydrogen (secondary N) is 1. The highest BCUT2D eigenvalue weighted by Gasteiger charge is 2.10. The van der Waals surface area contributed by atoms with Gasteiger partial charge in [-0.1, -0.05) is 11.6 Å². The summed E-state index contributed by atoms with van der Waals surface area (Å²) in [6.07, 6.45) is 0. The standard InChI is InChI=1S/C10H7ClN2O4/c11-5-1-2-7-6(3-5)12-9(16)10(17)13(7)4-8(14)15/h1-3H,4H2,(H,12,16)(H,14,15). The highest BCUT2D eigenvalue weighted by Crippen LogP contribution is 2.15. The van der Waals surface area contributed by atoms with Crippen molar-refractivity contribution in [2.24, 2.45) is 0 Å². The van der Waals surface area contributed by atoms with E-state index in [9.17, 15) is 14.4 Å². The first-order valence-corrected chi connectivity index (χ1v) is 5.01. The van der Waals surface area contributed by atoms with Crippen molar-refractivity contribution in [2.45, 2.75) is 6.54 Å². The Kier molecular flexibility index (Phi) is 2.72. The molecule has 88 valence electrons. The number of carbonyl (C=O) groups is 1. The summed E-state index contributed by atoms with van der Waals surface area (Å²) in [6.45, 7) is -0.569. The molecule has 0 aliphatic rings. The molecule has 0 radical (unpaired) electrons. The molecule has 2 rings (SSSR count). The van der Waals surface area contributed by atoms with Gasteiger partial charge in [-0.15, -0.1) is 0 Å². The third-order valence-electron chi connectivity index (χ3n) is 2.23. The van der Waals surface area contributed by atoms with Crippen LogP contribution in [0.1, 0.15) is 0 Å². The zero-order chi connectivity index (χ0) is 12.6. The quantitative estimate of drug-likeness (QED) is 0.760. The molecule has 0 saturated carbocycles. The van der Waals surface area contributed by atoms with Gasteiger partial charge in [0.1, 0.15) is 6.54 Å². The maximum absolute atomic E-state index is 11.5. The van der Waals surface area contributed by atoms with Gasteiger partial charge in [0.2, 0.25) is 0 Å². The van der Waals surface area contributed by atoms with Crippen LogP contribution in [0, 0.1) is 0 Å². The van der Waals surface area contributed by atoms with E-state index < -0.39 is 23.6 Å². The lowest BCUT2D eigenvalue weighted by atomic mass is 10.3. The van der Waals surface area contributed by atoms with Gasteiger partial charge in [0, 0.05) is 5.02 Å². The Morgan fingerprint density at radius 3 is 2.76 bits per heavy atom. The van der Waals surface area contributed by atoms with Crippen LogP contribution in [-0.2, 0) is 11.3 Å². The van der Waals surface area contributed by atoms with Crippen LogP contribution in [0.5, 0.6) is 0 Å². The monoisotopic (exact) mass is 254 g/mol. The molecular weight excluding hydrogens is 248 g/mol. The van der Waals surface area contributed by atoms with E-state index in [1.54, 1.807) is 0 Å². The summed E-state index contributed by atoms with van der Waals surface area (Å²) >= 11 is 5.74. The van der Waals surface area contributed by atoms with Crippen molar-refractivity contribution < 1.29 is 9.90 Å². The highest BCUT2D eigenvalue weighted by atomic mass is 35.5. The minimum absolute atomic E-state index is 0.321. The number of benzene rings is 1. The largest absolute Gasteiger partial charge is 0.480 e. The third-order valence-corrected chi connectivity index (χ3v) is 2.47. The molecule has 0 fully saturated rings. The van der Waals surface area contributed by atoms with Gasteiger partial charge in [-0.25, -0.2) is 0 Å². The fourth-order valence-corrected chi connectivity index (χ4v) is 1.72. The molecule has 0 amide bonds. The normalized spacial score (nSPS) is 10.6. The van der Waals surface area contributed by atoms with Crippen LogP contribution >= 0.6 is 11.6 Å². The van der Waals surface area contributed by atoms with Gasteiger partial charge in [0.15, 0.2) is 0 Å². The van der Waals surface area contributed by atoms with Crippen LogP contribution in [-0.4, -0.2) is 20.6 Å². The first kappa shape index (κ1) is 11.4. The number of nitrogens with zero attached hydrogens (tertiary/aromatic N) is 1. The summed E-state index contributed by atoms with van der Waals surface area (Å²) in [6, 6.07) is 4.45. The summed E-state index contributed by atoms with van der Waals surface area (Å²) in [5, 5.41) is 9.08. The lowest BCUT2D eigenvalue weighted by Gasteiger charge is -2.06. The number of rotatable bonds is 2. The van der Waals surface area contributed by atoms with E-state index in [-0.39, 0.29) is 0 Å². The van der Waals surface area contributed by atoms with Crippen molar-refractivity contribution in [2.75, 3.05) is 0 Å². The molecule has 0 bridgehead atoms. The number of aliphatic carboxylic acids is 1. The van der Waals surface area contributed by atoms with Gasteiger partial charge >= 0.3 is 17.1 Å². The Bertz CT molecular complexity index is 716. The Hall–Kier alpha value is -2.08. The van der Waals surface area contributed by atoms with Crippen LogP contribution in [0.25, 0.3) is 11.0 Å². The topological polar surface area (TPSA) is 92.2 Å². The van der Waals surface area contributed by atoms with Gasteiger partial charge in [0.25, 0.3) is 0 Å². The predicted molar refractivity (Wildman–Crippen MR) is 61.5 cm³/mol. The van der Waals surface area contributed by atoms with Gasteiger partial charge in [-0.05, 0) is 18.2 Å². The van der Waals surface area contributed by atoms with E-state index in [0.717, 1.165) is 4.57 Å². The summed E-state index contributed by atoms with van der Waals surface area (Å²) in [7, 11) is 0. The molecule has 6 nitrogen and oxygen atoms in total. The minimum Gasteiger partial charge on any atom is -0.480 e. The fourth-order valence-electron chi connectivity index (χ4n) is 1.54. The second kappa shape index (κ2) is 4.06. The Labute approximate surface area is 99.1 Å². The molecule has 2 N–H and O–H groups in total. The van der Waals surface area contributed by atoms with Gasteiger partial charge in [0.05, 0.1) is 11.0 Å². The van der Waals surface area contributed by atoms with E-state index in [1.165, 1.54) is 18.2 Å². The number of hydrogen-bond donors (Lipinski definition) is 2. The number of hydrogen-bond acceptors (Lipinski definition) is 3. The van der Waals surface area contributed by atoms with Crippen molar-refractivity contribution in [1.82, 2.24) is 9.55 Å². The highest BCUT2D eigenvalue weighted by molar-refractivity contribution is 6.31. The Balaban J connectivity index is 2.87. The molecule has 0 saturated heterocycles. The third kappa shape index (κ3) is 2.07. The van der Waals surface area contributed by atoms with Crippen molar-refractivity contribution in [3.63, 3.8) is 0 Å². The molecule has 1 heterocycles. The lowest BCUT2D eigenvalue weighted by molar-refractivity contribution is -0.137. The molecule has 0 aliphatic carbocycles. The van der Waals surface area contributed by atoms with E-state index in [1.807, 2.05) is 0 Å². The number of carboxylic acids is 1. The smallest absolute Gasteiger partial charge is 0.323 e. The first-order chi connectivity index (χ1) is 7.99. The Morgan fingerprint density at radius 2 is 2.12 bits per heavy atom. The summed E-state index contributed by atoms with van der Waals surface area (Å²) in [4.78, 5) is 35.8. The van der Waals surface area contributed by atoms with Crippen LogP contribution in [0.4, 0.5) is 0 Å². The average Bonchev–Trinajstić information content (AvgIpc) is 2.24. The average molecular weight is 255 g/mol. The van der Waals surface area contributed by atoms with Crippen LogP contribution in [0.15, 0.2) is 27.8 Å². The second-order valence-electron chi connectivity index (χ2n) is 3.40. The van der Waals surface area contributed by atoms with Crippen LogP contribution < -0.4 is 11.1 Å². The van der Waals surface area contributed by atoms with E-state index in [4.69, 9.17) is 16.7 Å². The molecule has 7 heteroatoms. The van der Waals surface area contributed by atoms with Gasteiger partial charge in [-0.3, -0.25) is 19.0 Å². The number of carboxylic acid groups (broad SMARTS) is 1. The van der Waals surface area contributed by atoms with Crippen molar-refractivity contribution in [3.8, 4) is 0 Å². The summed E-state index contributed by atoms with van der Waals surface area (Å²) in [5.74, 6) is -1.20. The van der Waals surface area contributed by atoms with Gasteiger partial charge in [-0.2, -0.15) is 0 Å². The van der Waals surface area contributed by atoms with E-state index in [2.05, 4.69) is 4.98 Å². The molecule has 1 aromatic carbocycles. The molecule has 2 aromatic rings. The minimum atomic E-state index is -1.20. The van der Waals surface area contributed by atoms with Crippen LogP contribution in [0.2, 0.25) is 5.02 Å². The molecule has 17 heavy (non-hydrogen) atoms. The lowest BCUT2D eigenvalue weighted by Crippen LogP contribution is -2.37. The molecule has 1 aromatic heterocycles. The molecule has 0 atom stereocenters. The predicted octanol–water partition coefficient (Wildman–Crippen LogP) is 0.428. The number of fused-ring (bicyclic) bond motifs is 1. The Morgan fingerprint density at radius 1 is 1.41 bits per heavy atom. The maximum atomic E-state index is 11.5. The van der Waals surface area contributed by atoms with E-state index in [0.29, 0.717) is 16.1 Å². The summed E-state index contributed by atoms with van der Waals surface area (Å²) < 4.78 is 0.896. The van der Waals surface area contributed by atoms with E-state index >= 15 is 0 Å². The molecule has 0 spiro atoms. The zero-order valence-electron chi connectivity index (χ0n) is 8.44. The number of aromatic amines is 1. The second-order valence-corrected chi connectivity index (χ2v) is 3.84. The number of H-pyrrole nitrogens is 1. The SMILES string of the molecule is O=C(O)Cn1c(=O)c(=O)[nH]c2cc(Cl)ccc21. The number of halogens is 1. The molecule has 0 unspecified atom stereocenters.